The van der Waals surface area contributed by atoms with Gasteiger partial charge in [0.2, 0.25) is 0 Å². The molecule has 1 N–H and O–H groups in total. The van der Waals surface area contributed by atoms with E-state index in [2.05, 4.69) is 17.3 Å². The maximum atomic E-state index is 11.8. The Bertz CT molecular complexity index is 643. The SMILES string of the molecule is COC(=O)[C@H]1CC[C@H](N(C)CCc2ccc(NC(=O)OC(C)(C)C)cc2)CC1. The van der Waals surface area contributed by atoms with Gasteiger partial charge in [-0.3, -0.25) is 10.1 Å². The van der Waals surface area contributed by atoms with Crippen LogP contribution in [0.1, 0.15) is 52.0 Å². The van der Waals surface area contributed by atoms with Crippen molar-refractivity contribution in [3.8, 4) is 0 Å². The predicted molar refractivity (Wildman–Crippen MR) is 110 cm³/mol. The van der Waals surface area contributed by atoms with Gasteiger partial charge in [0, 0.05) is 18.3 Å². The molecule has 1 aromatic carbocycles. The molecule has 0 heterocycles. The van der Waals surface area contributed by atoms with Crippen LogP contribution in [0.5, 0.6) is 0 Å². The van der Waals surface area contributed by atoms with Gasteiger partial charge in [-0.1, -0.05) is 12.1 Å². The standard InChI is InChI=1S/C22H34N2O4/c1-22(2,3)28-21(26)23-18-10-6-16(7-11-18)14-15-24(4)19-12-8-17(9-13-19)20(25)27-5/h6-7,10-11,17,19H,8-9,12-15H2,1-5H3,(H,23,26)/t17-,19-. The summed E-state index contributed by atoms with van der Waals surface area (Å²) in [5.41, 5.74) is 1.45. The molecule has 1 saturated carbocycles. The van der Waals surface area contributed by atoms with Crippen LogP contribution < -0.4 is 5.32 Å². The van der Waals surface area contributed by atoms with Crippen molar-refractivity contribution in [1.82, 2.24) is 4.90 Å². The van der Waals surface area contributed by atoms with E-state index in [0.717, 1.165) is 44.3 Å². The Hall–Kier alpha value is -2.08. The number of anilines is 1. The van der Waals surface area contributed by atoms with Gasteiger partial charge in [-0.2, -0.15) is 0 Å². The molecule has 2 rings (SSSR count). The maximum Gasteiger partial charge on any atom is 0.412 e. The van der Waals surface area contributed by atoms with Crippen LogP contribution >= 0.6 is 0 Å². The van der Waals surface area contributed by atoms with Gasteiger partial charge in [0.15, 0.2) is 0 Å². The van der Waals surface area contributed by atoms with Crippen LogP contribution in [-0.4, -0.2) is 49.3 Å². The smallest absolute Gasteiger partial charge is 0.412 e. The zero-order valence-electron chi connectivity index (χ0n) is 17.8. The number of hydrogen-bond donors (Lipinski definition) is 1. The topological polar surface area (TPSA) is 67.9 Å². The fourth-order valence-corrected chi connectivity index (χ4v) is 3.58. The second kappa shape index (κ2) is 9.92. The van der Waals surface area contributed by atoms with Crippen LogP contribution in [-0.2, 0) is 20.7 Å². The molecule has 0 aromatic heterocycles. The van der Waals surface area contributed by atoms with Gasteiger partial charge in [0.05, 0.1) is 13.0 Å². The average Bonchev–Trinajstić information content (AvgIpc) is 2.65. The summed E-state index contributed by atoms with van der Waals surface area (Å²) in [4.78, 5) is 25.9. The normalized spacial score (nSPS) is 19.9. The Morgan fingerprint density at radius 2 is 1.71 bits per heavy atom. The summed E-state index contributed by atoms with van der Waals surface area (Å²) in [6.07, 6.45) is 4.39. The van der Waals surface area contributed by atoms with Crippen LogP contribution in [0, 0.1) is 5.92 Å². The Balaban J connectivity index is 1.75. The van der Waals surface area contributed by atoms with E-state index in [9.17, 15) is 9.59 Å². The molecule has 1 aromatic rings. The van der Waals surface area contributed by atoms with Crippen LogP contribution in [0.2, 0.25) is 0 Å². The molecule has 0 aliphatic heterocycles. The van der Waals surface area contributed by atoms with Crippen LogP contribution in [0.15, 0.2) is 24.3 Å². The van der Waals surface area contributed by atoms with E-state index in [0.29, 0.717) is 6.04 Å². The Kier molecular flexibility index (Phi) is 7.87. The molecule has 0 radical (unpaired) electrons. The minimum atomic E-state index is -0.509. The van der Waals surface area contributed by atoms with Crippen molar-refractivity contribution < 1.29 is 19.1 Å². The van der Waals surface area contributed by atoms with Gasteiger partial charge in [-0.25, -0.2) is 4.79 Å². The quantitative estimate of drug-likeness (QED) is 0.736. The lowest BCUT2D eigenvalue weighted by Crippen LogP contribution is -2.37. The molecule has 0 unspecified atom stereocenters. The van der Waals surface area contributed by atoms with Gasteiger partial charge < -0.3 is 14.4 Å². The molecule has 0 saturated heterocycles. The Labute approximate surface area is 168 Å². The van der Waals surface area contributed by atoms with Crippen LogP contribution in [0.25, 0.3) is 0 Å². The molecule has 28 heavy (non-hydrogen) atoms. The zero-order valence-corrected chi connectivity index (χ0v) is 17.8. The van der Waals surface area contributed by atoms with Gasteiger partial charge in [0.25, 0.3) is 0 Å². The Morgan fingerprint density at radius 3 is 2.25 bits per heavy atom. The summed E-state index contributed by atoms with van der Waals surface area (Å²) < 4.78 is 10.1. The Morgan fingerprint density at radius 1 is 1.11 bits per heavy atom. The second-order valence-corrected chi connectivity index (χ2v) is 8.58. The largest absolute Gasteiger partial charge is 0.469 e. The van der Waals surface area contributed by atoms with Crippen LogP contribution in [0.4, 0.5) is 10.5 Å². The number of rotatable bonds is 6. The summed E-state index contributed by atoms with van der Waals surface area (Å²) in [7, 11) is 3.62. The molecule has 0 bridgehead atoms. The average molecular weight is 391 g/mol. The lowest BCUT2D eigenvalue weighted by atomic mass is 9.85. The molecule has 6 heteroatoms. The maximum absolute atomic E-state index is 11.8. The van der Waals surface area contributed by atoms with Gasteiger partial charge in [-0.05, 0) is 77.6 Å². The van der Waals surface area contributed by atoms with Gasteiger partial charge >= 0.3 is 12.1 Å². The number of amides is 1. The molecule has 6 nitrogen and oxygen atoms in total. The minimum Gasteiger partial charge on any atom is -0.469 e. The van der Waals surface area contributed by atoms with Crippen molar-refractivity contribution in [3.63, 3.8) is 0 Å². The highest BCUT2D eigenvalue weighted by Crippen LogP contribution is 2.28. The number of nitrogens with zero attached hydrogens (tertiary/aromatic N) is 1. The van der Waals surface area contributed by atoms with E-state index in [-0.39, 0.29) is 11.9 Å². The molecule has 1 aliphatic carbocycles. The summed E-state index contributed by atoms with van der Waals surface area (Å²) in [5, 5.41) is 2.75. The number of benzene rings is 1. The van der Waals surface area contributed by atoms with E-state index in [1.807, 2.05) is 45.0 Å². The number of carbonyl (C=O) groups excluding carboxylic acids is 2. The molecule has 1 amide bonds. The van der Waals surface area contributed by atoms with E-state index in [4.69, 9.17) is 9.47 Å². The first-order chi connectivity index (χ1) is 13.2. The third-order valence-electron chi connectivity index (χ3n) is 5.21. The number of methoxy groups -OCH3 is 1. The van der Waals surface area contributed by atoms with E-state index >= 15 is 0 Å². The first-order valence-electron chi connectivity index (χ1n) is 10.0. The van der Waals surface area contributed by atoms with E-state index in [1.54, 1.807) is 0 Å². The highest BCUT2D eigenvalue weighted by molar-refractivity contribution is 5.84. The van der Waals surface area contributed by atoms with Crippen LogP contribution in [0.3, 0.4) is 0 Å². The number of hydrogen-bond acceptors (Lipinski definition) is 5. The molecule has 1 fully saturated rings. The first kappa shape index (κ1) is 22.2. The second-order valence-electron chi connectivity index (χ2n) is 8.58. The summed E-state index contributed by atoms with van der Waals surface area (Å²) in [5.74, 6) is 0.000788. The van der Waals surface area contributed by atoms with Crippen molar-refractivity contribution in [2.24, 2.45) is 5.92 Å². The first-order valence-corrected chi connectivity index (χ1v) is 10.0. The van der Waals surface area contributed by atoms with E-state index in [1.165, 1.54) is 12.7 Å². The number of esters is 1. The lowest BCUT2D eigenvalue weighted by molar-refractivity contribution is -0.146. The predicted octanol–water partition coefficient (Wildman–Crippen LogP) is 4.24. The van der Waals surface area contributed by atoms with Crippen molar-refractivity contribution >= 4 is 17.7 Å². The highest BCUT2D eigenvalue weighted by atomic mass is 16.6. The fourth-order valence-electron chi connectivity index (χ4n) is 3.58. The molecular formula is C22H34N2O4. The summed E-state index contributed by atoms with van der Waals surface area (Å²) in [6, 6.07) is 8.40. The minimum absolute atomic E-state index is 0.0683. The number of nitrogens with one attached hydrogen (secondary N) is 1. The molecular weight excluding hydrogens is 356 g/mol. The van der Waals surface area contributed by atoms with Crippen molar-refractivity contribution in [2.75, 3.05) is 26.0 Å². The molecule has 0 atom stereocenters. The third kappa shape index (κ3) is 7.15. The summed E-state index contributed by atoms with van der Waals surface area (Å²) in [6.45, 7) is 6.49. The van der Waals surface area contributed by atoms with Crippen molar-refractivity contribution in [2.45, 2.75) is 64.5 Å². The van der Waals surface area contributed by atoms with E-state index < -0.39 is 11.7 Å². The van der Waals surface area contributed by atoms with Gasteiger partial charge in [0.1, 0.15) is 5.60 Å². The van der Waals surface area contributed by atoms with Crippen molar-refractivity contribution in [1.29, 1.82) is 0 Å². The zero-order chi connectivity index (χ0) is 20.7. The molecule has 0 spiro atoms. The summed E-state index contributed by atoms with van der Waals surface area (Å²) >= 11 is 0. The number of carbonyl (C=O) groups is 2. The lowest BCUT2D eigenvalue weighted by Gasteiger charge is -2.33. The molecule has 156 valence electrons. The number of ether oxygens (including phenoxy) is 2. The molecule has 1 aliphatic rings. The third-order valence-corrected chi connectivity index (χ3v) is 5.21. The van der Waals surface area contributed by atoms with Crippen molar-refractivity contribution in [3.05, 3.63) is 29.8 Å². The van der Waals surface area contributed by atoms with Gasteiger partial charge in [-0.15, -0.1) is 0 Å². The fraction of sp³-hybridized carbons (Fsp3) is 0.636. The number of likely N-dealkylation sites (N-methyl/N-ethyl adjacent to an activating group) is 1. The monoisotopic (exact) mass is 390 g/mol. The highest BCUT2D eigenvalue weighted by Gasteiger charge is 2.28.